The second-order valence-corrected chi connectivity index (χ2v) is 3.87. The Balaban J connectivity index is 1.88. The fraction of sp³-hybridized carbons (Fsp3) is 0.385. The molecule has 0 atom stereocenters. The molecular formula is C13H16O. The fourth-order valence-corrected chi connectivity index (χ4v) is 2.09. The Bertz CT molecular complexity index is 292. The summed E-state index contributed by atoms with van der Waals surface area (Å²) in [5, 5.41) is 0. The quantitative estimate of drug-likeness (QED) is 0.521. The van der Waals surface area contributed by atoms with Gasteiger partial charge in [0.05, 0.1) is 13.2 Å². The fourth-order valence-electron chi connectivity index (χ4n) is 2.09. The van der Waals surface area contributed by atoms with Crippen LogP contribution in [0.15, 0.2) is 36.9 Å². The molecule has 74 valence electrons. The minimum absolute atomic E-state index is 0.673. The van der Waals surface area contributed by atoms with Crippen LogP contribution in [-0.4, -0.2) is 13.2 Å². The Morgan fingerprint density at radius 3 is 2.50 bits per heavy atom. The summed E-state index contributed by atoms with van der Waals surface area (Å²) in [6.07, 6.45) is 4.16. The average Bonchev–Trinajstić information content (AvgIpc) is 2.60. The number of benzene rings is 1. The molecule has 1 aliphatic rings. The molecule has 0 aromatic heterocycles. The molecule has 0 N–H and O–H groups in total. The highest BCUT2D eigenvalue weighted by molar-refractivity contribution is 5.31. The van der Waals surface area contributed by atoms with Crippen molar-refractivity contribution in [2.24, 2.45) is 5.92 Å². The van der Waals surface area contributed by atoms with Crippen LogP contribution in [0.3, 0.4) is 0 Å². The van der Waals surface area contributed by atoms with Crippen LogP contribution in [0.1, 0.15) is 11.1 Å². The van der Waals surface area contributed by atoms with Gasteiger partial charge in [-0.2, -0.15) is 0 Å². The molecule has 0 unspecified atom stereocenters. The molecule has 1 aliphatic carbocycles. The van der Waals surface area contributed by atoms with Crippen molar-refractivity contribution in [2.45, 2.75) is 12.8 Å². The summed E-state index contributed by atoms with van der Waals surface area (Å²) >= 11 is 0. The van der Waals surface area contributed by atoms with Gasteiger partial charge in [-0.1, -0.05) is 30.3 Å². The van der Waals surface area contributed by atoms with Crippen molar-refractivity contribution in [3.8, 4) is 0 Å². The highest BCUT2D eigenvalue weighted by atomic mass is 16.5. The van der Waals surface area contributed by atoms with Gasteiger partial charge in [0.15, 0.2) is 0 Å². The van der Waals surface area contributed by atoms with Crippen molar-refractivity contribution >= 4 is 0 Å². The van der Waals surface area contributed by atoms with Crippen molar-refractivity contribution in [3.05, 3.63) is 48.0 Å². The van der Waals surface area contributed by atoms with E-state index >= 15 is 0 Å². The zero-order valence-corrected chi connectivity index (χ0v) is 8.41. The minimum atomic E-state index is 0.673. The Morgan fingerprint density at radius 2 is 1.93 bits per heavy atom. The summed E-state index contributed by atoms with van der Waals surface area (Å²) in [4.78, 5) is 0. The Kier molecular flexibility index (Phi) is 3.00. The van der Waals surface area contributed by atoms with Gasteiger partial charge in [-0.25, -0.2) is 0 Å². The van der Waals surface area contributed by atoms with E-state index in [0.717, 1.165) is 6.61 Å². The van der Waals surface area contributed by atoms with Crippen molar-refractivity contribution < 1.29 is 4.74 Å². The van der Waals surface area contributed by atoms with E-state index in [1.54, 1.807) is 0 Å². The van der Waals surface area contributed by atoms with Crippen LogP contribution in [0.5, 0.6) is 0 Å². The lowest BCUT2D eigenvalue weighted by atomic mass is 10.1. The first-order chi connectivity index (χ1) is 6.90. The first-order valence-corrected chi connectivity index (χ1v) is 5.15. The molecule has 0 heterocycles. The van der Waals surface area contributed by atoms with E-state index in [0.29, 0.717) is 12.5 Å². The summed E-state index contributed by atoms with van der Waals surface area (Å²) in [6.45, 7) is 5.17. The normalized spacial score (nSPS) is 15.4. The van der Waals surface area contributed by atoms with Crippen molar-refractivity contribution in [1.29, 1.82) is 0 Å². The third-order valence-electron chi connectivity index (χ3n) is 2.72. The molecule has 1 aromatic rings. The molecule has 1 aromatic carbocycles. The van der Waals surface area contributed by atoms with Gasteiger partial charge in [-0.15, -0.1) is 6.58 Å². The van der Waals surface area contributed by atoms with Crippen molar-refractivity contribution in [1.82, 2.24) is 0 Å². The van der Waals surface area contributed by atoms with Crippen LogP contribution in [0.25, 0.3) is 0 Å². The SMILES string of the molecule is C=CCOCC1Cc2ccccc2C1. The van der Waals surface area contributed by atoms with Gasteiger partial charge >= 0.3 is 0 Å². The Morgan fingerprint density at radius 1 is 1.29 bits per heavy atom. The molecule has 14 heavy (non-hydrogen) atoms. The number of hydrogen-bond acceptors (Lipinski definition) is 1. The van der Waals surface area contributed by atoms with Crippen LogP contribution in [0.4, 0.5) is 0 Å². The van der Waals surface area contributed by atoms with Gasteiger partial charge in [0.25, 0.3) is 0 Å². The van der Waals surface area contributed by atoms with Crippen LogP contribution in [0, 0.1) is 5.92 Å². The Labute approximate surface area is 85.4 Å². The predicted molar refractivity (Wildman–Crippen MR) is 58.4 cm³/mol. The maximum Gasteiger partial charge on any atom is 0.0644 e. The number of rotatable bonds is 4. The van der Waals surface area contributed by atoms with E-state index in [9.17, 15) is 0 Å². The van der Waals surface area contributed by atoms with Gasteiger partial charge in [-0.05, 0) is 29.9 Å². The van der Waals surface area contributed by atoms with Crippen molar-refractivity contribution in [3.63, 3.8) is 0 Å². The minimum Gasteiger partial charge on any atom is -0.377 e. The number of fused-ring (bicyclic) bond motifs is 1. The molecule has 0 amide bonds. The third-order valence-corrected chi connectivity index (χ3v) is 2.72. The molecule has 0 fully saturated rings. The lowest BCUT2D eigenvalue weighted by Crippen LogP contribution is -2.09. The lowest BCUT2D eigenvalue weighted by molar-refractivity contribution is 0.126. The molecule has 1 heteroatoms. The van der Waals surface area contributed by atoms with Gasteiger partial charge in [-0.3, -0.25) is 0 Å². The van der Waals surface area contributed by atoms with Crippen LogP contribution >= 0.6 is 0 Å². The van der Waals surface area contributed by atoms with E-state index in [2.05, 4.69) is 30.8 Å². The van der Waals surface area contributed by atoms with E-state index in [1.165, 1.54) is 24.0 Å². The zero-order valence-electron chi connectivity index (χ0n) is 8.41. The second-order valence-electron chi connectivity index (χ2n) is 3.87. The largest absolute Gasteiger partial charge is 0.377 e. The lowest BCUT2D eigenvalue weighted by Gasteiger charge is -2.07. The molecule has 0 spiro atoms. The van der Waals surface area contributed by atoms with Gasteiger partial charge < -0.3 is 4.74 Å². The highest BCUT2D eigenvalue weighted by Gasteiger charge is 2.20. The first kappa shape index (κ1) is 9.47. The number of ether oxygens (including phenoxy) is 1. The van der Waals surface area contributed by atoms with Gasteiger partial charge in [0.1, 0.15) is 0 Å². The molecule has 0 bridgehead atoms. The summed E-state index contributed by atoms with van der Waals surface area (Å²) < 4.78 is 5.48. The van der Waals surface area contributed by atoms with E-state index in [4.69, 9.17) is 4.74 Å². The van der Waals surface area contributed by atoms with E-state index in [1.807, 2.05) is 6.08 Å². The van der Waals surface area contributed by atoms with Crippen molar-refractivity contribution in [2.75, 3.05) is 13.2 Å². The van der Waals surface area contributed by atoms with E-state index in [-0.39, 0.29) is 0 Å². The maximum absolute atomic E-state index is 5.48. The van der Waals surface area contributed by atoms with Crippen LogP contribution in [0.2, 0.25) is 0 Å². The molecule has 1 nitrogen and oxygen atoms in total. The first-order valence-electron chi connectivity index (χ1n) is 5.15. The summed E-state index contributed by atoms with van der Waals surface area (Å²) in [5.74, 6) is 0.673. The second kappa shape index (κ2) is 4.43. The number of hydrogen-bond donors (Lipinski definition) is 0. The van der Waals surface area contributed by atoms with Crippen LogP contribution < -0.4 is 0 Å². The smallest absolute Gasteiger partial charge is 0.0644 e. The molecule has 2 rings (SSSR count). The standard InChI is InChI=1S/C13H16O/c1-2-7-14-10-11-8-12-5-3-4-6-13(12)9-11/h2-6,11H,1,7-10H2. The summed E-state index contributed by atoms with van der Waals surface area (Å²) in [5.41, 5.74) is 3.00. The third kappa shape index (κ3) is 2.05. The van der Waals surface area contributed by atoms with Gasteiger partial charge in [0.2, 0.25) is 0 Å². The highest BCUT2D eigenvalue weighted by Crippen LogP contribution is 2.26. The zero-order chi connectivity index (χ0) is 9.80. The van der Waals surface area contributed by atoms with Crippen LogP contribution in [-0.2, 0) is 17.6 Å². The monoisotopic (exact) mass is 188 g/mol. The maximum atomic E-state index is 5.48. The molecular weight excluding hydrogens is 172 g/mol. The summed E-state index contributed by atoms with van der Waals surface area (Å²) in [7, 11) is 0. The molecule has 0 saturated heterocycles. The average molecular weight is 188 g/mol. The Hall–Kier alpha value is -1.08. The topological polar surface area (TPSA) is 9.23 Å². The van der Waals surface area contributed by atoms with Gasteiger partial charge in [0, 0.05) is 0 Å². The molecule has 0 saturated carbocycles. The molecule has 0 aliphatic heterocycles. The molecule has 0 radical (unpaired) electrons. The summed E-state index contributed by atoms with van der Waals surface area (Å²) in [6, 6.07) is 8.68. The predicted octanol–water partition coefficient (Wildman–Crippen LogP) is 2.60. The van der Waals surface area contributed by atoms with E-state index < -0.39 is 0 Å².